The van der Waals surface area contributed by atoms with Crippen molar-refractivity contribution in [3.05, 3.63) is 42.2 Å². The van der Waals surface area contributed by atoms with Gasteiger partial charge in [0.15, 0.2) is 0 Å². The zero-order chi connectivity index (χ0) is 11.0. The molecule has 0 amide bonds. The van der Waals surface area contributed by atoms with Crippen molar-refractivity contribution < 1.29 is 4.74 Å². The molecule has 4 nitrogen and oxygen atoms in total. The molecule has 0 bridgehead atoms. The van der Waals surface area contributed by atoms with Crippen molar-refractivity contribution in [3.63, 3.8) is 0 Å². The Bertz CT molecular complexity index is 506. The van der Waals surface area contributed by atoms with E-state index in [9.17, 15) is 0 Å². The minimum atomic E-state index is 0.192. The van der Waals surface area contributed by atoms with E-state index in [1.807, 2.05) is 36.0 Å². The van der Waals surface area contributed by atoms with Gasteiger partial charge in [0.1, 0.15) is 12.4 Å². The SMILES string of the molecule is Cn1ccnc1NC1COc2ccccc21. The van der Waals surface area contributed by atoms with Gasteiger partial charge in [-0.1, -0.05) is 18.2 Å². The topological polar surface area (TPSA) is 39.1 Å². The molecule has 1 aromatic heterocycles. The van der Waals surface area contributed by atoms with Crippen LogP contribution in [-0.2, 0) is 7.05 Å². The van der Waals surface area contributed by atoms with Crippen LogP contribution < -0.4 is 10.1 Å². The fourth-order valence-corrected chi connectivity index (χ4v) is 1.94. The maximum absolute atomic E-state index is 5.60. The van der Waals surface area contributed by atoms with Crippen LogP contribution in [0.5, 0.6) is 5.75 Å². The third-order valence-corrected chi connectivity index (χ3v) is 2.82. The molecule has 1 N–H and O–H groups in total. The van der Waals surface area contributed by atoms with E-state index in [-0.39, 0.29) is 6.04 Å². The molecule has 1 aliphatic heterocycles. The lowest BCUT2D eigenvalue weighted by Gasteiger charge is -2.12. The lowest BCUT2D eigenvalue weighted by Crippen LogP contribution is -2.14. The summed E-state index contributed by atoms with van der Waals surface area (Å²) in [4.78, 5) is 4.25. The summed E-state index contributed by atoms with van der Waals surface area (Å²) in [5.41, 5.74) is 1.20. The highest BCUT2D eigenvalue weighted by molar-refractivity contribution is 5.44. The van der Waals surface area contributed by atoms with Crippen LogP contribution in [0.2, 0.25) is 0 Å². The number of nitrogens with one attached hydrogen (secondary N) is 1. The lowest BCUT2D eigenvalue weighted by molar-refractivity contribution is 0.339. The highest BCUT2D eigenvalue weighted by atomic mass is 16.5. The van der Waals surface area contributed by atoms with Crippen molar-refractivity contribution in [1.82, 2.24) is 9.55 Å². The molecular weight excluding hydrogens is 202 g/mol. The lowest BCUT2D eigenvalue weighted by atomic mass is 10.1. The minimum absolute atomic E-state index is 0.192. The van der Waals surface area contributed by atoms with Gasteiger partial charge in [-0.3, -0.25) is 0 Å². The number of aryl methyl sites for hydroxylation is 1. The molecule has 0 saturated heterocycles. The average Bonchev–Trinajstić information content (AvgIpc) is 2.88. The Balaban J connectivity index is 1.86. The molecule has 1 aromatic carbocycles. The Kier molecular flexibility index (Phi) is 2.06. The number of imidazole rings is 1. The summed E-state index contributed by atoms with van der Waals surface area (Å²) in [6, 6.07) is 8.29. The van der Waals surface area contributed by atoms with Gasteiger partial charge >= 0.3 is 0 Å². The number of rotatable bonds is 2. The number of benzene rings is 1. The van der Waals surface area contributed by atoms with Crippen molar-refractivity contribution in [3.8, 4) is 5.75 Å². The zero-order valence-electron chi connectivity index (χ0n) is 9.05. The Morgan fingerprint density at radius 3 is 3.12 bits per heavy atom. The fraction of sp³-hybridized carbons (Fsp3) is 0.250. The van der Waals surface area contributed by atoms with Crippen LogP contribution >= 0.6 is 0 Å². The van der Waals surface area contributed by atoms with Gasteiger partial charge in [0, 0.05) is 25.0 Å². The number of hydrogen-bond donors (Lipinski definition) is 1. The molecule has 3 rings (SSSR count). The molecule has 0 radical (unpaired) electrons. The van der Waals surface area contributed by atoms with Crippen LogP contribution in [0.3, 0.4) is 0 Å². The summed E-state index contributed by atoms with van der Waals surface area (Å²) < 4.78 is 7.56. The maximum atomic E-state index is 5.60. The van der Waals surface area contributed by atoms with Gasteiger partial charge in [-0.25, -0.2) is 4.98 Å². The van der Waals surface area contributed by atoms with Crippen LogP contribution in [0.25, 0.3) is 0 Å². The smallest absolute Gasteiger partial charge is 0.203 e. The van der Waals surface area contributed by atoms with Gasteiger partial charge in [0.2, 0.25) is 5.95 Å². The summed E-state index contributed by atoms with van der Waals surface area (Å²) in [5.74, 6) is 1.83. The molecule has 1 aliphatic rings. The molecule has 1 atom stereocenters. The molecule has 1 unspecified atom stereocenters. The number of para-hydroxylation sites is 1. The van der Waals surface area contributed by atoms with E-state index in [1.54, 1.807) is 6.20 Å². The number of hydrogen-bond acceptors (Lipinski definition) is 3. The monoisotopic (exact) mass is 215 g/mol. The van der Waals surface area contributed by atoms with Crippen molar-refractivity contribution >= 4 is 5.95 Å². The first-order chi connectivity index (χ1) is 7.84. The van der Waals surface area contributed by atoms with Crippen LogP contribution in [0.15, 0.2) is 36.7 Å². The van der Waals surface area contributed by atoms with Gasteiger partial charge in [-0.2, -0.15) is 0 Å². The average molecular weight is 215 g/mol. The molecule has 0 fully saturated rings. The number of fused-ring (bicyclic) bond motifs is 1. The summed E-state index contributed by atoms with van der Waals surface area (Å²) in [5, 5.41) is 3.37. The molecule has 2 heterocycles. The molecule has 0 saturated carbocycles. The molecule has 2 aromatic rings. The Labute approximate surface area is 93.9 Å². The molecule has 0 aliphatic carbocycles. The number of ether oxygens (including phenoxy) is 1. The van der Waals surface area contributed by atoms with Gasteiger partial charge < -0.3 is 14.6 Å². The standard InChI is InChI=1S/C12H13N3O/c1-15-7-6-13-12(15)14-10-8-16-11-5-3-2-4-9(10)11/h2-7,10H,8H2,1H3,(H,13,14). The van der Waals surface area contributed by atoms with Crippen LogP contribution in [-0.4, -0.2) is 16.2 Å². The molecule has 0 spiro atoms. The normalized spacial score (nSPS) is 17.9. The largest absolute Gasteiger partial charge is 0.491 e. The van der Waals surface area contributed by atoms with Crippen molar-refractivity contribution in [2.75, 3.05) is 11.9 Å². The third-order valence-electron chi connectivity index (χ3n) is 2.82. The van der Waals surface area contributed by atoms with Crippen LogP contribution in [0.1, 0.15) is 11.6 Å². The van der Waals surface area contributed by atoms with Gasteiger partial charge in [-0.15, -0.1) is 0 Å². The second kappa shape index (κ2) is 3.56. The highest BCUT2D eigenvalue weighted by Crippen LogP contribution is 2.33. The number of nitrogens with zero attached hydrogens (tertiary/aromatic N) is 2. The maximum Gasteiger partial charge on any atom is 0.203 e. The van der Waals surface area contributed by atoms with Gasteiger partial charge in [0.25, 0.3) is 0 Å². The van der Waals surface area contributed by atoms with Crippen molar-refractivity contribution in [1.29, 1.82) is 0 Å². The van der Waals surface area contributed by atoms with Crippen molar-refractivity contribution in [2.24, 2.45) is 7.05 Å². The summed E-state index contributed by atoms with van der Waals surface area (Å²) in [7, 11) is 1.97. The number of anilines is 1. The van der Waals surface area contributed by atoms with Crippen molar-refractivity contribution in [2.45, 2.75) is 6.04 Å². The third kappa shape index (κ3) is 1.43. The van der Waals surface area contributed by atoms with E-state index in [0.29, 0.717) is 6.61 Å². The fourth-order valence-electron chi connectivity index (χ4n) is 1.94. The van der Waals surface area contributed by atoms with E-state index in [2.05, 4.69) is 16.4 Å². The summed E-state index contributed by atoms with van der Waals surface area (Å²) in [6.07, 6.45) is 3.70. The molecule has 16 heavy (non-hydrogen) atoms. The van der Waals surface area contributed by atoms with E-state index >= 15 is 0 Å². The number of aromatic nitrogens is 2. The predicted molar refractivity (Wildman–Crippen MR) is 61.5 cm³/mol. The van der Waals surface area contributed by atoms with Gasteiger partial charge in [-0.05, 0) is 6.07 Å². The van der Waals surface area contributed by atoms with E-state index < -0.39 is 0 Å². The van der Waals surface area contributed by atoms with Gasteiger partial charge in [0.05, 0.1) is 6.04 Å². The first kappa shape index (κ1) is 9.27. The summed E-state index contributed by atoms with van der Waals surface area (Å²) in [6.45, 7) is 0.659. The zero-order valence-corrected chi connectivity index (χ0v) is 9.05. The second-order valence-electron chi connectivity index (χ2n) is 3.91. The highest BCUT2D eigenvalue weighted by Gasteiger charge is 2.24. The summed E-state index contributed by atoms with van der Waals surface area (Å²) >= 11 is 0. The molecule has 82 valence electrons. The second-order valence-corrected chi connectivity index (χ2v) is 3.91. The molecule has 4 heteroatoms. The van der Waals surface area contributed by atoms with E-state index in [4.69, 9.17) is 4.74 Å². The van der Waals surface area contributed by atoms with E-state index in [0.717, 1.165) is 11.7 Å². The first-order valence-electron chi connectivity index (χ1n) is 5.30. The first-order valence-corrected chi connectivity index (χ1v) is 5.30. The predicted octanol–water partition coefficient (Wildman–Crippen LogP) is 1.97. The van der Waals surface area contributed by atoms with Crippen LogP contribution in [0, 0.1) is 0 Å². The Morgan fingerprint density at radius 2 is 2.31 bits per heavy atom. The Morgan fingerprint density at radius 1 is 1.44 bits per heavy atom. The minimum Gasteiger partial charge on any atom is -0.491 e. The Hall–Kier alpha value is -1.97. The molecular formula is C12H13N3O. The quantitative estimate of drug-likeness (QED) is 0.832. The van der Waals surface area contributed by atoms with Crippen LogP contribution in [0.4, 0.5) is 5.95 Å². The van der Waals surface area contributed by atoms with E-state index in [1.165, 1.54) is 5.56 Å².